The van der Waals surface area contributed by atoms with Gasteiger partial charge in [-0.3, -0.25) is 4.90 Å². The molecule has 0 bridgehead atoms. The van der Waals surface area contributed by atoms with Crippen molar-refractivity contribution in [2.45, 2.75) is 26.4 Å². The fourth-order valence-electron chi connectivity index (χ4n) is 2.27. The van der Waals surface area contributed by atoms with Gasteiger partial charge in [0.25, 0.3) is 0 Å². The topological polar surface area (TPSA) is 32.5 Å². The summed E-state index contributed by atoms with van der Waals surface area (Å²) in [5.41, 5.74) is 7.55. The van der Waals surface area contributed by atoms with E-state index in [0.29, 0.717) is 11.0 Å². The van der Waals surface area contributed by atoms with Crippen LogP contribution in [0, 0.1) is 0 Å². The highest BCUT2D eigenvalue weighted by Crippen LogP contribution is 2.20. The van der Waals surface area contributed by atoms with Crippen LogP contribution in [0.2, 0.25) is 5.02 Å². The molecule has 5 heteroatoms. The Morgan fingerprint density at radius 2 is 2.05 bits per heavy atom. The zero-order valence-electron chi connectivity index (χ0n) is 12.7. The number of benzene rings is 1. The number of thiocarbonyl (C=S) groups is 1. The number of rotatable bonds is 7. The Kier molecular flexibility index (Phi) is 6.89. The zero-order chi connectivity index (χ0) is 15.3. The van der Waals surface area contributed by atoms with Gasteiger partial charge in [-0.05, 0) is 39.2 Å². The van der Waals surface area contributed by atoms with Crippen LogP contribution in [0.4, 0.5) is 0 Å². The van der Waals surface area contributed by atoms with Crippen molar-refractivity contribution in [2.24, 2.45) is 5.73 Å². The molecule has 112 valence electrons. The molecule has 0 radical (unpaired) electrons. The Hall–Kier alpha value is -0.680. The van der Waals surface area contributed by atoms with Gasteiger partial charge in [0, 0.05) is 29.7 Å². The van der Waals surface area contributed by atoms with Crippen molar-refractivity contribution >= 4 is 28.8 Å². The third-order valence-electron chi connectivity index (χ3n) is 3.37. The molecule has 1 rings (SSSR count). The molecular formula is C15H24ClN3S. The highest BCUT2D eigenvalue weighted by atomic mass is 35.5. The second-order valence-corrected chi connectivity index (χ2v) is 6.19. The SMILES string of the molecule is CCN(Cc1ccc(C(N)=S)cc1Cl)C(C)CN(C)C. The van der Waals surface area contributed by atoms with E-state index in [1.54, 1.807) is 0 Å². The van der Waals surface area contributed by atoms with E-state index in [0.717, 1.165) is 35.8 Å². The van der Waals surface area contributed by atoms with Gasteiger partial charge in [0.05, 0.1) is 0 Å². The quantitative estimate of drug-likeness (QED) is 0.785. The number of halogens is 1. The summed E-state index contributed by atoms with van der Waals surface area (Å²) in [6, 6.07) is 6.28. The van der Waals surface area contributed by atoms with Gasteiger partial charge in [0.2, 0.25) is 0 Å². The second-order valence-electron chi connectivity index (χ2n) is 5.34. The van der Waals surface area contributed by atoms with Crippen LogP contribution in [0.5, 0.6) is 0 Å². The monoisotopic (exact) mass is 313 g/mol. The number of hydrogen-bond donors (Lipinski definition) is 1. The molecule has 2 N–H and O–H groups in total. The van der Waals surface area contributed by atoms with E-state index in [1.807, 2.05) is 18.2 Å². The second kappa shape index (κ2) is 7.93. The van der Waals surface area contributed by atoms with Crippen LogP contribution >= 0.6 is 23.8 Å². The van der Waals surface area contributed by atoms with Crippen molar-refractivity contribution < 1.29 is 0 Å². The largest absolute Gasteiger partial charge is 0.389 e. The molecule has 1 aromatic carbocycles. The number of hydrogen-bond acceptors (Lipinski definition) is 3. The first kappa shape index (κ1) is 17.4. The van der Waals surface area contributed by atoms with Crippen molar-refractivity contribution in [1.29, 1.82) is 0 Å². The van der Waals surface area contributed by atoms with Gasteiger partial charge in [0.15, 0.2) is 0 Å². The Morgan fingerprint density at radius 1 is 1.40 bits per heavy atom. The van der Waals surface area contributed by atoms with Crippen molar-refractivity contribution in [2.75, 3.05) is 27.2 Å². The predicted molar refractivity (Wildman–Crippen MR) is 91.4 cm³/mol. The van der Waals surface area contributed by atoms with E-state index in [9.17, 15) is 0 Å². The Balaban J connectivity index is 2.82. The predicted octanol–water partition coefficient (Wildman–Crippen LogP) is 2.75. The van der Waals surface area contributed by atoms with Crippen molar-refractivity contribution in [3.05, 3.63) is 34.3 Å². The first-order chi connectivity index (χ1) is 9.35. The maximum Gasteiger partial charge on any atom is 0.104 e. The van der Waals surface area contributed by atoms with Crippen LogP contribution in [0.25, 0.3) is 0 Å². The molecule has 3 nitrogen and oxygen atoms in total. The molecule has 0 aliphatic carbocycles. The average Bonchev–Trinajstić information content (AvgIpc) is 2.36. The van der Waals surface area contributed by atoms with Gasteiger partial charge < -0.3 is 10.6 Å². The molecule has 0 fully saturated rings. The van der Waals surface area contributed by atoms with Gasteiger partial charge in [-0.1, -0.05) is 42.9 Å². The summed E-state index contributed by atoms with van der Waals surface area (Å²) in [6.07, 6.45) is 0. The van der Waals surface area contributed by atoms with Crippen LogP contribution in [0.1, 0.15) is 25.0 Å². The minimum absolute atomic E-state index is 0.381. The van der Waals surface area contributed by atoms with E-state index < -0.39 is 0 Å². The Bertz CT molecular complexity index is 462. The molecular weight excluding hydrogens is 290 g/mol. The molecule has 20 heavy (non-hydrogen) atoms. The Morgan fingerprint density at radius 3 is 2.50 bits per heavy atom. The van der Waals surface area contributed by atoms with E-state index >= 15 is 0 Å². The summed E-state index contributed by atoms with van der Waals surface area (Å²) < 4.78 is 0. The summed E-state index contributed by atoms with van der Waals surface area (Å²) in [7, 11) is 4.18. The smallest absolute Gasteiger partial charge is 0.104 e. The fraction of sp³-hybridized carbons (Fsp3) is 0.533. The molecule has 0 aliphatic heterocycles. The molecule has 0 amide bonds. The first-order valence-corrected chi connectivity index (χ1v) is 7.60. The van der Waals surface area contributed by atoms with Gasteiger partial charge in [-0.15, -0.1) is 0 Å². The minimum Gasteiger partial charge on any atom is -0.389 e. The standard InChI is InChI=1S/C15H24ClN3S/c1-5-19(11(2)9-18(3)4)10-13-7-6-12(15(17)20)8-14(13)16/h6-8,11H,5,9-10H2,1-4H3,(H2,17,20). The summed E-state index contributed by atoms with van der Waals surface area (Å²) in [5, 5.41) is 0.728. The average molecular weight is 314 g/mol. The molecule has 0 spiro atoms. The molecule has 1 aromatic rings. The number of likely N-dealkylation sites (N-methyl/N-ethyl adjacent to an activating group) is 2. The molecule has 0 aliphatic rings. The van der Waals surface area contributed by atoms with E-state index in [4.69, 9.17) is 29.6 Å². The summed E-state index contributed by atoms with van der Waals surface area (Å²) in [4.78, 5) is 4.98. The normalized spacial score (nSPS) is 12.9. The Labute approximate surface area is 132 Å². The molecule has 0 saturated carbocycles. The lowest BCUT2D eigenvalue weighted by Crippen LogP contribution is -2.39. The van der Waals surface area contributed by atoms with Gasteiger partial charge in [-0.25, -0.2) is 0 Å². The fourth-order valence-corrected chi connectivity index (χ4v) is 2.64. The summed E-state index contributed by atoms with van der Waals surface area (Å²) in [5.74, 6) is 0. The minimum atomic E-state index is 0.381. The van der Waals surface area contributed by atoms with Crippen LogP contribution in [-0.4, -0.2) is 48.0 Å². The van der Waals surface area contributed by atoms with E-state index in [2.05, 4.69) is 37.7 Å². The zero-order valence-corrected chi connectivity index (χ0v) is 14.3. The number of nitrogens with zero attached hydrogens (tertiary/aromatic N) is 2. The lowest BCUT2D eigenvalue weighted by Gasteiger charge is -2.30. The van der Waals surface area contributed by atoms with Crippen molar-refractivity contribution in [3.8, 4) is 0 Å². The van der Waals surface area contributed by atoms with Crippen molar-refractivity contribution in [1.82, 2.24) is 9.80 Å². The molecule has 0 heterocycles. The maximum absolute atomic E-state index is 6.33. The van der Waals surface area contributed by atoms with Gasteiger partial charge in [-0.2, -0.15) is 0 Å². The highest BCUT2D eigenvalue weighted by Gasteiger charge is 2.15. The molecule has 1 atom stereocenters. The van der Waals surface area contributed by atoms with E-state index in [-0.39, 0.29) is 0 Å². The van der Waals surface area contributed by atoms with Crippen LogP contribution < -0.4 is 5.73 Å². The van der Waals surface area contributed by atoms with Crippen LogP contribution in [0.15, 0.2) is 18.2 Å². The third-order valence-corrected chi connectivity index (χ3v) is 3.96. The van der Waals surface area contributed by atoms with E-state index in [1.165, 1.54) is 0 Å². The highest BCUT2D eigenvalue weighted by molar-refractivity contribution is 7.80. The van der Waals surface area contributed by atoms with Gasteiger partial charge >= 0.3 is 0 Å². The summed E-state index contributed by atoms with van der Waals surface area (Å²) in [6.45, 7) is 7.25. The van der Waals surface area contributed by atoms with Gasteiger partial charge in [0.1, 0.15) is 4.99 Å². The maximum atomic E-state index is 6.33. The summed E-state index contributed by atoms with van der Waals surface area (Å²) >= 11 is 11.3. The van der Waals surface area contributed by atoms with Crippen LogP contribution in [-0.2, 0) is 6.54 Å². The number of nitrogens with two attached hydrogens (primary N) is 1. The lowest BCUT2D eigenvalue weighted by atomic mass is 10.1. The lowest BCUT2D eigenvalue weighted by molar-refractivity contribution is 0.174. The van der Waals surface area contributed by atoms with Crippen molar-refractivity contribution in [3.63, 3.8) is 0 Å². The molecule has 0 saturated heterocycles. The molecule has 1 unspecified atom stereocenters. The first-order valence-electron chi connectivity index (χ1n) is 6.82. The molecule has 0 aromatic heterocycles. The van der Waals surface area contributed by atoms with Crippen LogP contribution in [0.3, 0.4) is 0 Å². The third kappa shape index (κ3) is 5.02.